The molecule has 0 radical (unpaired) electrons. The van der Waals surface area contributed by atoms with Gasteiger partial charge in [-0.15, -0.1) is 0 Å². The molecule has 1 atom stereocenters. The fraction of sp³-hybridized carbons (Fsp3) is 0.364. The molecule has 1 aromatic rings. The Balaban J connectivity index is 2.13. The molecule has 1 aliphatic heterocycles. The van der Waals surface area contributed by atoms with Crippen LogP contribution in [-0.2, 0) is 9.53 Å². The van der Waals surface area contributed by atoms with E-state index >= 15 is 0 Å². The number of nitrogens with zero attached hydrogens (tertiary/aromatic N) is 1. The lowest BCUT2D eigenvalue weighted by molar-refractivity contribution is -0.128. The number of hydrogen-bond donors (Lipinski definition) is 1. The standard InChI is InChI=1S/C11H13NO3/c13-11-6-7-15-8-10(11)12(14)9-4-2-1-3-5-9/h1-5,10,14H,6-8H2. The first-order chi connectivity index (χ1) is 7.29. The van der Waals surface area contributed by atoms with Gasteiger partial charge >= 0.3 is 0 Å². The lowest BCUT2D eigenvalue weighted by Crippen LogP contribution is -2.45. The first-order valence-electron chi connectivity index (χ1n) is 4.92. The number of ketones is 1. The van der Waals surface area contributed by atoms with Gasteiger partial charge in [0.15, 0.2) is 5.78 Å². The molecule has 1 aliphatic rings. The number of carbonyl (C=O) groups is 1. The van der Waals surface area contributed by atoms with Crippen LogP contribution in [0.3, 0.4) is 0 Å². The molecule has 0 amide bonds. The lowest BCUT2D eigenvalue weighted by atomic mass is 10.1. The first-order valence-corrected chi connectivity index (χ1v) is 4.92. The summed E-state index contributed by atoms with van der Waals surface area (Å²) in [4.78, 5) is 11.5. The summed E-state index contributed by atoms with van der Waals surface area (Å²) in [5.74, 6) is 0.0209. The van der Waals surface area contributed by atoms with Crippen LogP contribution in [0, 0.1) is 0 Å². The van der Waals surface area contributed by atoms with E-state index in [2.05, 4.69) is 0 Å². The van der Waals surface area contributed by atoms with Gasteiger partial charge in [-0.3, -0.25) is 10.0 Å². The van der Waals surface area contributed by atoms with Crippen molar-refractivity contribution in [3.63, 3.8) is 0 Å². The Morgan fingerprint density at radius 2 is 2.07 bits per heavy atom. The van der Waals surface area contributed by atoms with Crippen LogP contribution in [0.5, 0.6) is 0 Å². The molecule has 1 fully saturated rings. The minimum Gasteiger partial charge on any atom is -0.378 e. The fourth-order valence-electron chi connectivity index (χ4n) is 1.59. The third-order valence-corrected chi connectivity index (χ3v) is 2.46. The van der Waals surface area contributed by atoms with E-state index in [0.717, 1.165) is 5.06 Å². The smallest absolute Gasteiger partial charge is 0.162 e. The molecule has 1 saturated heterocycles. The highest BCUT2D eigenvalue weighted by molar-refractivity contribution is 5.87. The van der Waals surface area contributed by atoms with Crippen molar-refractivity contribution in [1.82, 2.24) is 0 Å². The molecule has 0 aromatic heterocycles. The van der Waals surface area contributed by atoms with Crippen molar-refractivity contribution in [2.24, 2.45) is 0 Å². The van der Waals surface area contributed by atoms with Gasteiger partial charge in [0.05, 0.1) is 18.9 Å². The van der Waals surface area contributed by atoms with Crippen molar-refractivity contribution in [3.05, 3.63) is 30.3 Å². The van der Waals surface area contributed by atoms with E-state index in [4.69, 9.17) is 4.74 Å². The highest BCUT2D eigenvalue weighted by atomic mass is 16.5. The van der Waals surface area contributed by atoms with E-state index in [0.29, 0.717) is 18.7 Å². The number of Topliss-reactive ketones (excluding diaryl/α,β-unsaturated/α-hetero) is 1. The maximum atomic E-state index is 11.5. The fourth-order valence-corrected chi connectivity index (χ4v) is 1.59. The van der Waals surface area contributed by atoms with Crippen LogP contribution in [0.25, 0.3) is 0 Å². The van der Waals surface area contributed by atoms with Crippen LogP contribution in [-0.4, -0.2) is 30.2 Å². The van der Waals surface area contributed by atoms with Gasteiger partial charge in [0.2, 0.25) is 0 Å². The minimum absolute atomic E-state index is 0.0209. The monoisotopic (exact) mass is 207 g/mol. The molecule has 4 nitrogen and oxygen atoms in total. The van der Waals surface area contributed by atoms with Crippen LogP contribution < -0.4 is 5.06 Å². The van der Waals surface area contributed by atoms with Gasteiger partial charge in [0, 0.05) is 6.42 Å². The Kier molecular flexibility index (Phi) is 2.99. The first kappa shape index (κ1) is 10.1. The molecule has 1 N–H and O–H groups in total. The second-order valence-corrected chi connectivity index (χ2v) is 3.49. The molecule has 1 aromatic carbocycles. The number of rotatable bonds is 2. The zero-order valence-corrected chi connectivity index (χ0v) is 8.30. The maximum absolute atomic E-state index is 11.5. The Morgan fingerprint density at radius 3 is 2.73 bits per heavy atom. The molecule has 80 valence electrons. The molecule has 0 bridgehead atoms. The predicted octanol–water partition coefficient (Wildman–Crippen LogP) is 1.24. The number of carbonyl (C=O) groups excluding carboxylic acids is 1. The van der Waals surface area contributed by atoms with Gasteiger partial charge < -0.3 is 4.74 Å². The molecule has 1 heterocycles. The van der Waals surface area contributed by atoms with E-state index in [1.165, 1.54) is 0 Å². The molecule has 0 spiro atoms. The molecule has 4 heteroatoms. The Labute approximate surface area is 88.0 Å². The van der Waals surface area contributed by atoms with Crippen LogP contribution in [0.2, 0.25) is 0 Å². The van der Waals surface area contributed by atoms with Gasteiger partial charge in [-0.05, 0) is 12.1 Å². The number of para-hydroxylation sites is 1. The highest BCUT2D eigenvalue weighted by Gasteiger charge is 2.28. The zero-order chi connectivity index (χ0) is 10.7. The van der Waals surface area contributed by atoms with Gasteiger partial charge in [-0.1, -0.05) is 18.2 Å². The van der Waals surface area contributed by atoms with Gasteiger partial charge in [0.1, 0.15) is 6.04 Å². The summed E-state index contributed by atoms with van der Waals surface area (Å²) in [7, 11) is 0. The SMILES string of the molecule is O=C1CCOCC1N(O)c1ccccc1. The highest BCUT2D eigenvalue weighted by Crippen LogP contribution is 2.17. The molecule has 0 aliphatic carbocycles. The molecule has 1 unspecified atom stereocenters. The topological polar surface area (TPSA) is 49.8 Å². The second kappa shape index (κ2) is 4.42. The third kappa shape index (κ3) is 2.16. The average molecular weight is 207 g/mol. The van der Waals surface area contributed by atoms with Crippen molar-refractivity contribution in [3.8, 4) is 0 Å². The summed E-state index contributed by atoms with van der Waals surface area (Å²) in [6, 6.07) is 8.42. The molecular weight excluding hydrogens is 194 g/mol. The summed E-state index contributed by atoms with van der Waals surface area (Å²) in [5, 5.41) is 10.8. The summed E-state index contributed by atoms with van der Waals surface area (Å²) in [6.07, 6.45) is 0.370. The van der Waals surface area contributed by atoms with E-state index in [9.17, 15) is 10.0 Å². The van der Waals surface area contributed by atoms with Gasteiger partial charge in [0.25, 0.3) is 0 Å². The molecule has 15 heavy (non-hydrogen) atoms. The summed E-state index contributed by atoms with van der Waals surface area (Å²) < 4.78 is 5.17. The average Bonchev–Trinajstić information content (AvgIpc) is 2.30. The summed E-state index contributed by atoms with van der Waals surface area (Å²) in [6.45, 7) is 0.711. The Morgan fingerprint density at radius 1 is 1.33 bits per heavy atom. The summed E-state index contributed by atoms with van der Waals surface area (Å²) in [5.41, 5.74) is 0.612. The van der Waals surface area contributed by atoms with Crippen molar-refractivity contribution in [2.45, 2.75) is 12.5 Å². The number of hydrogen-bond acceptors (Lipinski definition) is 4. The Bertz CT molecular complexity index is 339. The van der Waals surface area contributed by atoms with Crippen LogP contribution in [0.4, 0.5) is 5.69 Å². The summed E-state index contributed by atoms with van der Waals surface area (Å²) >= 11 is 0. The molecule has 0 saturated carbocycles. The predicted molar refractivity (Wildman–Crippen MR) is 54.9 cm³/mol. The van der Waals surface area contributed by atoms with E-state index in [-0.39, 0.29) is 12.4 Å². The minimum atomic E-state index is -0.568. The van der Waals surface area contributed by atoms with Gasteiger partial charge in [-0.25, -0.2) is 5.06 Å². The number of ether oxygens (including phenoxy) is 1. The number of benzene rings is 1. The molecular formula is C11H13NO3. The van der Waals surface area contributed by atoms with Gasteiger partial charge in [-0.2, -0.15) is 0 Å². The number of anilines is 1. The third-order valence-electron chi connectivity index (χ3n) is 2.46. The quantitative estimate of drug-likeness (QED) is 0.741. The van der Waals surface area contributed by atoms with Crippen LogP contribution in [0.15, 0.2) is 30.3 Å². The van der Waals surface area contributed by atoms with E-state index in [1.807, 2.05) is 18.2 Å². The van der Waals surface area contributed by atoms with E-state index in [1.54, 1.807) is 12.1 Å². The second-order valence-electron chi connectivity index (χ2n) is 3.49. The Hall–Kier alpha value is -1.39. The zero-order valence-electron chi connectivity index (χ0n) is 8.30. The van der Waals surface area contributed by atoms with Crippen molar-refractivity contribution in [1.29, 1.82) is 0 Å². The largest absolute Gasteiger partial charge is 0.378 e. The van der Waals surface area contributed by atoms with E-state index < -0.39 is 6.04 Å². The number of hydroxylamine groups is 1. The normalized spacial score (nSPS) is 21.4. The van der Waals surface area contributed by atoms with Crippen molar-refractivity contribution in [2.75, 3.05) is 18.3 Å². The maximum Gasteiger partial charge on any atom is 0.162 e. The van der Waals surface area contributed by atoms with Crippen molar-refractivity contribution < 1.29 is 14.7 Å². The van der Waals surface area contributed by atoms with Crippen LogP contribution in [0.1, 0.15) is 6.42 Å². The lowest BCUT2D eigenvalue weighted by Gasteiger charge is -2.29. The molecule has 2 rings (SSSR count). The van der Waals surface area contributed by atoms with Crippen LogP contribution >= 0.6 is 0 Å². The van der Waals surface area contributed by atoms with Crippen molar-refractivity contribution >= 4 is 11.5 Å².